The first kappa shape index (κ1) is 13.0. The minimum Gasteiger partial charge on any atom is -0.388 e. The molecule has 1 N–H and O–H groups in total. The minimum absolute atomic E-state index is 0.0635. The van der Waals surface area contributed by atoms with Gasteiger partial charge in [0, 0.05) is 18.3 Å². The highest BCUT2D eigenvalue weighted by atomic mass is 19.4. The molecule has 0 fully saturated rings. The monoisotopic (exact) mass is 233 g/mol. The van der Waals surface area contributed by atoms with Crippen molar-refractivity contribution in [1.82, 2.24) is 4.98 Å². The van der Waals surface area contributed by atoms with Gasteiger partial charge < -0.3 is 5.11 Å². The van der Waals surface area contributed by atoms with Gasteiger partial charge in [0.1, 0.15) is 0 Å². The lowest BCUT2D eigenvalue weighted by atomic mass is 10.0. The van der Waals surface area contributed by atoms with Gasteiger partial charge in [0.2, 0.25) is 0 Å². The molecule has 1 heterocycles. The molecular formula is C11H14F3NO. The van der Waals surface area contributed by atoms with Crippen molar-refractivity contribution in [3.05, 3.63) is 29.6 Å². The van der Waals surface area contributed by atoms with Gasteiger partial charge in [-0.15, -0.1) is 0 Å². The molecule has 0 spiro atoms. The summed E-state index contributed by atoms with van der Waals surface area (Å²) >= 11 is 0. The van der Waals surface area contributed by atoms with Gasteiger partial charge in [0.05, 0.1) is 6.10 Å². The van der Waals surface area contributed by atoms with Crippen LogP contribution in [0.2, 0.25) is 0 Å². The highest BCUT2D eigenvalue weighted by Gasteiger charge is 2.26. The molecule has 90 valence electrons. The zero-order valence-electron chi connectivity index (χ0n) is 8.96. The summed E-state index contributed by atoms with van der Waals surface area (Å²) < 4.78 is 35.6. The van der Waals surface area contributed by atoms with E-state index in [1.54, 1.807) is 19.1 Å². The van der Waals surface area contributed by atoms with E-state index in [1.165, 1.54) is 6.20 Å². The third kappa shape index (κ3) is 4.61. The van der Waals surface area contributed by atoms with Crippen LogP contribution in [-0.2, 0) is 0 Å². The Kier molecular flexibility index (Phi) is 4.29. The van der Waals surface area contributed by atoms with E-state index in [9.17, 15) is 18.3 Å². The Hall–Kier alpha value is -1.10. The van der Waals surface area contributed by atoms with Crippen molar-refractivity contribution < 1.29 is 18.3 Å². The summed E-state index contributed by atoms with van der Waals surface area (Å²) in [6, 6.07) is 3.30. The number of aliphatic hydroxyl groups is 1. The van der Waals surface area contributed by atoms with E-state index in [2.05, 4.69) is 4.98 Å². The number of halogens is 3. The summed E-state index contributed by atoms with van der Waals surface area (Å²) in [6.07, 6.45) is -4.25. The number of pyridine rings is 1. The molecule has 0 aliphatic heterocycles. The molecule has 0 saturated carbocycles. The van der Waals surface area contributed by atoms with Gasteiger partial charge in [-0.3, -0.25) is 4.98 Å². The molecule has 16 heavy (non-hydrogen) atoms. The quantitative estimate of drug-likeness (QED) is 0.866. The lowest BCUT2D eigenvalue weighted by Crippen LogP contribution is -2.08. The maximum atomic E-state index is 11.9. The molecule has 1 rings (SSSR count). The first-order chi connectivity index (χ1) is 7.38. The molecule has 0 aliphatic carbocycles. The van der Waals surface area contributed by atoms with E-state index in [0.717, 1.165) is 5.69 Å². The highest BCUT2D eigenvalue weighted by Crippen LogP contribution is 2.26. The number of aromatic nitrogens is 1. The first-order valence-corrected chi connectivity index (χ1v) is 5.06. The van der Waals surface area contributed by atoms with Crippen LogP contribution in [0.15, 0.2) is 18.3 Å². The van der Waals surface area contributed by atoms with Crippen LogP contribution in [0.4, 0.5) is 13.2 Å². The van der Waals surface area contributed by atoms with Gasteiger partial charge in [-0.25, -0.2) is 0 Å². The van der Waals surface area contributed by atoms with Gasteiger partial charge in [0.15, 0.2) is 0 Å². The van der Waals surface area contributed by atoms with Crippen LogP contribution >= 0.6 is 0 Å². The molecule has 1 aromatic rings. The molecule has 0 bridgehead atoms. The first-order valence-electron chi connectivity index (χ1n) is 5.06. The maximum Gasteiger partial charge on any atom is 0.389 e. The van der Waals surface area contributed by atoms with Crippen molar-refractivity contribution in [1.29, 1.82) is 0 Å². The molecule has 1 unspecified atom stereocenters. The number of hydrogen-bond acceptors (Lipinski definition) is 2. The van der Waals surface area contributed by atoms with Gasteiger partial charge in [0.25, 0.3) is 0 Å². The molecule has 0 radical (unpaired) electrons. The van der Waals surface area contributed by atoms with E-state index in [0.29, 0.717) is 5.56 Å². The Labute approximate surface area is 92.1 Å². The van der Waals surface area contributed by atoms with E-state index in [1.807, 2.05) is 0 Å². The lowest BCUT2D eigenvalue weighted by Gasteiger charge is -2.12. The topological polar surface area (TPSA) is 33.1 Å². The molecule has 0 aliphatic rings. The molecule has 1 atom stereocenters. The van der Waals surface area contributed by atoms with Crippen molar-refractivity contribution in [2.45, 2.75) is 38.5 Å². The smallest absolute Gasteiger partial charge is 0.388 e. The average molecular weight is 233 g/mol. The minimum atomic E-state index is -4.14. The fourth-order valence-corrected chi connectivity index (χ4v) is 1.44. The highest BCUT2D eigenvalue weighted by molar-refractivity contribution is 5.17. The van der Waals surface area contributed by atoms with Crippen LogP contribution in [0.3, 0.4) is 0 Å². The van der Waals surface area contributed by atoms with E-state index < -0.39 is 18.7 Å². The fourth-order valence-electron chi connectivity index (χ4n) is 1.44. The normalized spacial score (nSPS) is 13.8. The Morgan fingerprint density at radius 3 is 2.69 bits per heavy atom. The van der Waals surface area contributed by atoms with Crippen molar-refractivity contribution in [3.8, 4) is 0 Å². The van der Waals surface area contributed by atoms with Crippen molar-refractivity contribution in [2.75, 3.05) is 0 Å². The van der Waals surface area contributed by atoms with Crippen molar-refractivity contribution in [2.24, 2.45) is 0 Å². The molecule has 0 aromatic carbocycles. The third-order valence-electron chi connectivity index (χ3n) is 2.24. The molecular weight excluding hydrogens is 219 g/mol. The largest absolute Gasteiger partial charge is 0.389 e. The van der Waals surface area contributed by atoms with Crippen LogP contribution in [0, 0.1) is 6.92 Å². The second-order valence-corrected chi connectivity index (χ2v) is 3.75. The molecule has 5 heteroatoms. The van der Waals surface area contributed by atoms with Crippen LogP contribution < -0.4 is 0 Å². The predicted molar refractivity (Wildman–Crippen MR) is 53.8 cm³/mol. The molecule has 2 nitrogen and oxygen atoms in total. The van der Waals surface area contributed by atoms with Crippen LogP contribution in [0.5, 0.6) is 0 Å². The van der Waals surface area contributed by atoms with Gasteiger partial charge in [-0.2, -0.15) is 13.2 Å². The number of nitrogens with zero attached hydrogens (tertiary/aromatic N) is 1. The lowest BCUT2D eigenvalue weighted by molar-refractivity contribution is -0.136. The summed E-state index contributed by atoms with van der Waals surface area (Å²) in [5.74, 6) is 0. The second-order valence-electron chi connectivity index (χ2n) is 3.75. The Balaban J connectivity index is 2.44. The number of aliphatic hydroxyl groups excluding tert-OH is 1. The number of aryl methyl sites for hydroxylation is 1. The number of rotatable bonds is 4. The van der Waals surface area contributed by atoms with Gasteiger partial charge in [-0.1, -0.05) is 0 Å². The summed E-state index contributed by atoms with van der Waals surface area (Å²) in [5.41, 5.74) is 1.36. The zero-order chi connectivity index (χ0) is 12.2. The number of alkyl halides is 3. The fraction of sp³-hybridized carbons (Fsp3) is 0.545. The maximum absolute atomic E-state index is 11.9. The van der Waals surface area contributed by atoms with Gasteiger partial charge in [-0.05, 0) is 37.5 Å². The standard InChI is InChI=1S/C11H14F3NO/c1-8-7-9(4-6-15-8)10(16)3-2-5-11(12,13)14/h4,6-7,10,16H,2-3,5H2,1H3. The van der Waals surface area contributed by atoms with Crippen molar-refractivity contribution >= 4 is 0 Å². The van der Waals surface area contributed by atoms with Crippen LogP contribution in [-0.4, -0.2) is 16.3 Å². The Bertz CT molecular complexity index is 338. The van der Waals surface area contributed by atoms with E-state index in [4.69, 9.17) is 0 Å². The SMILES string of the molecule is Cc1cc(C(O)CCCC(F)(F)F)ccn1. The third-order valence-corrected chi connectivity index (χ3v) is 2.24. The Morgan fingerprint density at radius 1 is 1.44 bits per heavy atom. The average Bonchev–Trinajstić information content (AvgIpc) is 2.15. The van der Waals surface area contributed by atoms with E-state index in [-0.39, 0.29) is 12.8 Å². The molecule has 0 amide bonds. The van der Waals surface area contributed by atoms with Crippen LogP contribution in [0.25, 0.3) is 0 Å². The Morgan fingerprint density at radius 2 is 2.12 bits per heavy atom. The summed E-state index contributed by atoms with van der Waals surface area (Å²) in [4.78, 5) is 3.95. The van der Waals surface area contributed by atoms with Crippen LogP contribution in [0.1, 0.15) is 36.6 Å². The second kappa shape index (κ2) is 5.30. The van der Waals surface area contributed by atoms with Crippen molar-refractivity contribution in [3.63, 3.8) is 0 Å². The molecule has 1 aromatic heterocycles. The van der Waals surface area contributed by atoms with E-state index >= 15 is 0 Å². The molecule has 0 saturated heterocycles. The summed E-state index contributed by atoms with van der Waals surface area (Å²) in [6.45, 7) is 1.77. The zero-order valence-corrected chi connectivity index (χ0v) is 8.96. The predicted octanol–water partition coefficient (Wildman–Crippen LogP) is 3.16. The van der Waals surface area contributed by atoms with Gasteiger partial charge >= 0.3 is 6.18 Å². The summed E-state index contributed by atoms with van der Waals surface area (Å²) in [5, 5.41) is 9.65. The number of hydrogen-bond donors (Lipinski definition) is 1. The summed E-state index contributed by atoms with van der Waals surface area (Å²) in [7, 11) is 0.